The predicted octanol–water partition coefficient (Wildman–Crippen LogP) is 0.824. The van der Waals surface area contributed by atoms with E-state index in [1.165, 1.54) is 0 Å². The van der Waals surface area contributed by atoms with Gasteiger partial charge in [0.15, 0.2) is 0 Å². The molecule has 0 saturated carbocycles. The molecule has 0 aromatic carbocycles. The molecule has 1 aliphatic rings. The third-order valence-corrected chi connectivity index (χ3v) is 3.90. The number of hydrogen-bond donors (Lipinski definition) is 1. The number of rotatable bonds is 3. The number of H-pyrrole nitrogens is 1. The zero-order valence-corrected chi connectivity index (χ0v) is 11.3. The number of amides is 1. The lowest BCUT2D eigenvalue weighted by Crippen LogP contribution is -2.48. The Bertz CT molecular complexity index is 516. The highest BCUT2D eigenvalue weighted by Crippen LogP contribution is 2.10. The van der Waals surface area contributed by atoms with Gasteiger partial charge in [0.2, 0.25) is 0 Å². The van der Waals surface area contributed by atoms with Crippen LogP contribution >= 0.6 is 11.3 Å². The molecule has 0 atom stereocenters. The van der Waals surface area contributed by atoms with Crippen molar-refractivity contribution >= 4 is 17.2 Å². The van der Waals surface area contributed by atoms with Crippen LogP contribution in [-0.4, -0.2) is 57.1 Å². The molecule has 1 fully saturated rings. The van der Waals surface area contributed by atoms with Gasteiger partial charge >= 0.3 is 0 Å². The highest BCUT2D eigenvalue weighted by Gasteiger charge is 2.22. The van der Waals surface area contributed by atoms with E-state index in [1.807, 2.05) is 10.4 Å². The minimum absolute atomic E-state index is 0.0332. The summed E-state index contributed by atoms with van der Waals surface area (Å²) in [5.41, 5.74) is 3.53. The minimum Gasteiger partial charge on any atom is -0.335 e. The summed E-state index contributed by atoms with van der Waals surface area (Å²) in [5, 5.41) is 8.60. The van der Waals surface area contributed by atoms with Gasteiger partial charge in [-0.25, -0.2) is 4.98 Å². The van der Waals surface area contributed by atoms with E-state index in [9.17, 15) is 4.79 Å². The van der Waals surface area contributed by atoms with Crippen LogP contribution in [0.5, 0.6) is 0 Å². The number of thiazole rings is 1. The van der Waals surface area contributed by atoms with Gasteiger partial charge in [-0.1, -0.05) is 0 Å². The normalized spacial score (nSPS) is 16.7. The highest BCUT2D eigenvalue weighted by atomic mass is 32.1. The van der Waals surface area contributed by atoms with Crippen molar-refractivity contribution in [1.29, 1.82) is 0 Å². The monoisotopic (exact) mass is 277 g/mol. The molecule has 3 heterocycles. The molecule has 1 aliphatic heterocycles. The Hall–Kier alpha value is -1.73. The van der Waals surface area contributed by atoms with Crippen LogP contribution in [-0.2, 0) is 6.54 Å². The van der Waals surface area contributed by atoms with Crippen LogP contribution in [0.2, 0.25) is 0 Å². The fourth-order valence-corrected chi connectivity index (χ4v) is 2.75. The van der Waals surface area contributed by atoms with E-state index in [4.69, 9.17) is 0 Å². The molecule has 2 aromatic heterocycles. The van der Waals surface area contributed by atoms with Crippen molar-refractivity contribution in [2.75, 3.05) is 26.2 Å². The van der Waals surface area contributed by atoms with Crippen molar-refractivity contribution in [2.24, 2.45) is 0 Å². The maximum absolute atomic E-state index is 12.1. The number of carbonyl (C=O) groups excluding carboxylic acids is 1. The number of aromatic nitrogens is 3. The fraction of sp³-hybridized carbons (Fsp3) is 0.417. The summed E-state index contributed by atoms with van der Waals surface area (Å²) in [5.74, 6) is 0.0332. The first kappa shape index (κ1) is 12.3. The number of carbonyl (C=O) groups is 1. The number of nitrogens with zero attached hydrogens (tertiary/aromatic N) is 4. The van der Waals surface area contributed by atoms with E-state index < -0.39 is 0 Å². The van der Waals surface area contributed by atoms with Crippen molar-refractivity contribution in [2.45, 2.75) is 6.54 Å². The molecule has 3 rings (SSSR count). The van der Waals surface area contributed by atoms with E-state index in [-0.39, 0.29) is 5.91 Å². The highest BCUT2D eigenvalue weighted by molar-refractivity contribution is 7.07. The van der Waals surface area contributed by atoms with E-state index in [0.29, 0.717) is 5.69 Å². The van der Waals surface area contributed by atoms with Crippen LogP contribution in [0.15, 0.2) is 23.2 Å². The Labute approximate surface area is 115 Å². The smallest absolute Gasteiger partial charge is 0.271 e. The van der Waals surface area contributed by atoms with Crippen molar-refractivity contribution in [3.05, 3.63) is 34.5 Å². The van der Waals surface area contributed by atoms with Crippen LogP contribution < -0.4 is 0 Å². The van der Waals surface area contributed by atoms with E-state index in [0.717, 1.165) is 38.4 Å². The Morgan fingerprint density at radius 2 is 2.21 bits per heavy atom. The molecule has 0 bridgehead atoms. The molecule has 0 aliphatic carbocycles. The quantitative estimate of drug-likeness (QED) is 0.902. The topological polar surface area (TPSA) is 65.1 Å². The third-order valence-electron chi connectivity index (χ3n) is 3.26. The number of aromatic amines is 1. The van der Waals surface area contributed by atoms with Gasteiger partial charge in [0.05, 0.1) is 11.2 Å². The molecule has 2 aromatic rings. The minimum atomic E-state index is 0.0332. The molecular formula is C12H15N5OS. The number of piperazine rings is 1. The predicted molar refractivity (Wildman–Crippen MR) is 71.9 cm³/mol. The van der Waals surface area contributed by atoms with Gasteiger partial charge < -0.3 is 4.90 Å². The van der Waals surface area contributed by atoms with Gasteiger partial charge in [0.25, 0.3) is 5.91 Å². The second kappa shape index (κ2) is 5.50. The Morgan fingerprint density at radius 3 is 2.84 bits per heavy atom. The summed E-state index contributed by atoms with van der Waals surface area (Å²) in [6.45, 7) is 4.15. The molecule has 100 valence electrons. The Balaban J connectivity index is 1.53. The summed E-state index contributed by atoms with van der Waals surface area (Å²) in [7, 11) is 0. The van der Waals surface area contributed by atoms with Gasteiger partial charge in [-0.3, -0.25) is 14.8 Å². The maximum Gasteiger partial charge on any atom is 0.271 e. The van der Waals surface area contributed by atoms with Crippen molar-refractivity contribution in [3.63, 3.8) is 0 Å². The van der Waals surface area contributed by atoms with Gasteiger partial charge in [0, 0.05) is 44.3 Å². The summed E-state index contributed by atoms with van der Waals surface area (Å²) in [6.07, 6.45) is 1.60. The maximum atomic E-state index is 12.1. The van der Waals surface area contributed by atoms with Crippen molar-refractivity contribution < 1.29 is 4.79 Å². The lowest BCUT2D eigenvalue weighted by Gasteiger charge is -2.34. The van der Waals surface area contributed by atoms with Gasteiger partial charge in [-0.2, -0.15) is 5.10 Å². The van der Waals surface area contributed by atoms with Crippen LogP contribution in [0, 0.1) is 0 Å². The van der Waals surface area contributed by atoms with Crippen molar-refractivity contribution in [1.82, 2.24) is 25.0 Å². The summed E-state index contributed by atoms with van der Waals surface area (Å²) in [4.78, 5) is 20.6. The van der Waals surface area contributed by atoms with Crippen LogP contribution in [0.1, 0.15) is 16.2 Å². The molecule has 6 nitrogen and oxygen atoms in total. The lowest BCUT2D eigenvalue weighted by molar-refractivity contribution is 0.0621. The second-order valence-corrected chi connectivity index (χ2v) is 5.24. The first-order valence-electron chi connectivity index (χ1n) is 6.21. The average Bonchev–Trinajstić information content (AvgIpc) is 3.12. The summed E-state index contributed by atoms with van der Waals surface area (Å²) >= 11 is 1.62. The Morgan fingerprint density at radius 1 is 1.37 bits per heavy atom. The molecule has 0 spiro atoms. The molecule has 1 N–H and O–H groups in total. The SMILES string of the molecule is O=C(c1ccn[nH]1)N1CCN(Cc2cscn2)CC1. The fourth-order valence-electron chi connectivity index (χ4n) is 2.20. The Kier molecular flexibility index (Phi) is 3.56. The van der Waals surface area contributed by atoms with Crippen LogP contribution in [0.4, 0.5) is 0 Å². The first-order chi connectivity index (χ1) is 9.33. The average molecular weight is 277 g/mol. The zero-order valence-electron chi connectivity index (χ0n) is 10.5. The second-order valence-electron chi connectivity index (χ2n) is 4.52. The molecule has 1 amide bonds. The van der Waals surface area contributed by atoms with Gasteiger partial charge in [-0.05, 0) is 6.07 Å². The van der Waals surface area contributed by atoms with E-state index in [1.54, 1.807) is 23.6 Å². The van der Waals surface area contributed by atoms with E-state index in [2.05, 4.69) is 25.5 Å². The molecule has 1 saturated heterocycles. The van der Waals surface area contributed by atoms with Gasteiger partial charge in [-0.15, -0.1) is 11.3 Å². The van der Waals surface area contributed by atoms with Crippen LogP contribution in [0.3, 0.4) is 0 Å². The summed E-state index contributed by atoms with van der Waals surface area (Å²) in [6, 6.07) is 1.71. The lowest BCUT2D eigenvalue weighted by atomic mass is 10.2. The molecule has 0 unspecified atom stereocenters. The molecule has 19 heavy (non-hydrogen) atoms. The molecule has 7 heteroatoms. The molecular weight excluding hydrogens is 262 g/mol. The summed E-state index contributed by atoms with van der Waals surface area (Å²) < 4.78 is 0. The third kappa shape index (κ3) is 2.82. The number of hydrogen-bond acceptors (Lipinski definition) is 5. The van der Waals surface area contributed by atoms with Crippen molar-refractivity contribution in [3.8, 4) is 0 Å². The van der Waals surface area contributed by atoms with Gasteiger partial charge in [0.1, 0.15) is 5.69 Å². The van der Waals surface area contributed by atoms with E-state index >= 15 is 0 Å². The number of nitrogens with one attached hydrogen (secondary N) is 1. The molecule has 0 radical (unpaired) electrons. The van der Waals surface area contributed by atoms with Crippen LogP contribution in [0.25, 0.3) is 0 Å². The standard InChI is InChI=1S/C12H15N5OS/c18-12(11-1-2-14-15-11)17-5-3-16(4-6-17)7-10-8-19-9-13-10/h1-2,8-9H,3-7H2,(H,14,15). The largest absolute Gasteiger partial charge is 0.335 e. The first-order valence-corrected chi connectivity index (χ1v) is 7.15. The zero-order chi connectivity index (χ0) is 13.1.